The van der Waals surface area contributed by atoms with E-state index in [1.165, 1.54) is 38.5 Å². The quantitative estimate of drug-likeness (QED) is 0.559. The summed E-state index contributed by atoms with van der Waals surface area (Å²) in [5.74, 6) is 0.866. The highest BCUT2D eigenvalue weighted by Gasteiger charge is 2.13. The molecule has 0 N–H and O–H groups in total. The van der Waals surface area contributed by atoms with Gasteiger partial charge in [0.1, 0.15) is 0 Å². The molecule has 88 valence electrons. The molecule has 0 aromatic carbocycles. The fourth-order valence-corrected chi connectivity index (χ4v) is 2.05. The molecule has 0 aromatic heterocycles. The summed E-state index contributed by atoms with van der Waals surface area (Å²) in [5.41, 5.74) is 1.69. The molecule has 0 fully saturated rings. The Balaban J connectivity index is 0.000000921. The predicted octanol–water partition coefficient (Wildman–Crippen LogP) is 5.51. The molecule has 1 atom stereocenters. The number of allylic oxidation sites excluding steroid dienone is 4. The third-order valence-electron chi connectivity index (χ3n) is 2.84. The largest absolute Gasteiger partial charge is 0.0839 e. The van der Waals surface area contributed by atoms with Gasteiger partial charge in [-0.3, -0.25) is 0 Å². The predicted molar refractivity (Wildman–Crippen MR) is 71.1 cm³/mol. The maximum Gasteiger partial charge on any atom is -0.0165 e. The van der Waals surface area contributed by atoms with Crippen molar-refractivity contribution in [2.24, 2.45) is 5.92 Å². The molecule has 0 aromatic rings. The van der Waals surface area contributed by atoms with E-state index < -0.39 is 0 Å². The zero-order valence-electron chi connectivity index (χ0n) is 11.1. The van der Waals surface area contributed by atoms with E-state index in [2.05, 4.69) is 32.1 Å². The lowest BCUT2D eigenvalue weighted by atomic mass is 9.85. The summed E-state index contributed by atoms with van der Waals surface area (Å²) in [5, 5.41) is 0. The van der Waals surface area contributed by atoms with Crippen molar-refractivity contribution in [1.82, 2.24) is 0 Å². The number of hydrogen-bond donors (Lipinski definition) is 0. The van der Waals surface area contributed by atoms with Crippen LogP contribution in [0.5, 0.6) is 0 Å². The molecule has 1 aliphatic rings. The molecule has 0 nitrogen and oxygen atoms in total. The van der Waals surface area contributed by atoms with Crippen molar-refractivity contribution in [3.8, 4) is 0 Å². The molecule has 0 heteroatoms. The average molecular weight is 208 g/mol. The minimum Gasteiger partial charge on any atom is -0.0839 e. The lowest BCUT2D eigenvalue weighted by Gasteiger charge is -2.20. The Labute approximate surface area is 96.5 Å². The van der Waals surface area contributed by atoms with Gasteiger partial charge >= 0.3 is 0 Å². The van der Waals surface area contributed by atoms with Crippen LogP contribution in [0.15, 0.2) is 23.8 Å². The minimum absolute atomic E-state index is 0.866. The normalized spacial score (nSPS) is 19.2. The van der Waals surface area contributed by atoms with Crippen molar-refractivity contribution in [2.75, 3.05) is 0 Å². The van der Waals surface area contributed by atoms with Gasteiger partial charge in [0, 0.05) is 0 Å². The molecule has 1 rings (SSSR count). The molecule has 0 saturated carbocycles. The summed E-state index contributed by atoms with van der Waals surface area (Å²) in [4.78, 5) is 0. The van der Waals surface area contributed by atoms with E-state index in [1.807, 2.05) is 13.8 Å². The molecule has 1 unspecified atom stereocenters. The van der Waals surface area contributed by atoms with Gasteiger partial charge in [0.15, 0.2) is 0 Å². The standard InChI is InChI=1S/C13H22.C2H6/c1-3-5-9-13-11-7-6-10-12(13)8-4-2;1-2/h6-7,10,13H,3-5,8-9,11H2,1-2H3;1-2H3. The van der Waals surface area contributed by atoms with Crippen LogP contribution in [-0.2, 0) is 0 Å². The third kappa shape index (κ3) is 5.81. The van der Waals surface area contributed by atoms with Gasteiger partial charge in [-0.15, -0.1) is 0 Å². The first-order valence-corrected chi connectivity index (χ1v) is 6.74. The molecule has 0 bridgehead atoms. The van der Waals surface area contributed by atoms with E-state index in [1.54, 1.807) is 5.57 Å². The Kier molecular flexibility index (Phi) is 9.67. The zero-order valence-corrected chi connectivity index (χ0v) is 11.1. The Morgan fingerprint density at radius 1 is 1.20 bits per heavy atom. The second kappa shape index (κ2) is 10.0. The van der Waals surface area contributed by atoms with Crippen molar-refractivity contribution in [3.63, 3.8) is 0 Å². The van der Waals surface area contributed by atoms with E-state index in [9.17, 15) is 0 Å². The maximum atomic E-state index is 2.34. The number of hydrogen-bond acceptors (Lipinski definition) is 0. The van der Waals surface area contributed by atoms with Crippen LogP contribution >= 0.6 is 0 Å². The summed E-state index contributed by atoms with van der Waals surface area (Å²) in [7, 11) is 0. The van der Waals surface area contributed by atoms with Crippen LogP contribution in [0.1, 0.15) is 66.2 Å². The van der Waals surface area contributed by atoms with Crippen LogP contribution in [-0.4, -0.2) is 0 Å². The lowest BCUT2D eigenvalue weighted by Crippen LogP contribution is -2.05. The molecule has 1 aliphatic carbocycles. The Morgan fingerprint density at radius 3 is 2.53 bits per heavy atom. The highest BCUT2D eigenvalue weighted by atomic mass is 14.2. The van der Waals surface area contributed by atoms with E-state index in [0.29, 0.717) is 0 Å². The van der Waals surface area contributed by atoms with Gasteiger partial charge in [0.25, 0.3) is 0 Å². The van der Waals surface area contributed by atoms with Crippen LogP contribution < -0.4 is 0 Å². The molecule has 0 heterocycles. The highest BCUT2D eigenvalue weighted by Crippen LogP contribution is 2.28. The smallest absolute Gasteiger partial charge is 0.0165 e. The van der Waals surface area contributed by atoms with Gasteiger partial charge in [-0.05, 0) is 25.2 Å². The van der Waals surface area contributed by atoms with Crippen LogP contribution in [0.25, 0.3) is 0 Å². The Hall–Kier alpha value is -0.520. The zero-order chi connectivity index (χ0) is 11.5. The minimum atomic E-state index is 0.866. The molecular formula is C15H28. The van der Waals surface area contributed by atoms with Gasteiger partial charge in [-0.2, -0.15) is 0 Å². The van der Waals surface area contributed by atoms with Gasteiger partial charge in [0.2, 0.25) is 0 Å². The van der Waals surface area contributed by atoms with E-state index in [4.69, 9.17) is 0 Å². The van der Waals surface area contributed by atoms with E-state index in [-0.39, 0.29) is 0 Å². The molecule has 0 radical (unpaired) electrons. The van der Waals surface area contributed by atoms with Crippen molar-refractivity contribution in [3.05, 3.63) is 23.8 Å². The van der Waals surface area contributed by atoms with Crippen molar-refractivity contribution < 1.29 is 0 Å². The summed E-state index contributed by atoms with van der Waals surface area (Å²) < 4.78 is 0. The highest BCUT2D eigenvalue weighted by molar-refractivity contribution is 5.20. The second-order valence-electron chi connectivity index (χ2n) is 3.99. The van der Waals surface area contributed by atoms with Crippen molar-refractivity contribution in [2.45, 2.75) is 66.2 Å². The van der Waals surface area contributed by atoms with E-state index >= 15 is 0 Å². The second-order valence-corrected chi connectivity index (χ2v) is 3.99. The Bertz CT molecular complexity index is 186. The average Bonchev–Trinajstić information content (AvgIpc) is 2.31. The van der Waals surface area contributed by atoms with Crippen LogP contribution in [0, 0.1) is 5.92 Å². The van der Waals surface area contributed by atoms with Crippen LogP contribution in [0.2, 0.25) is 0 Å². The fraction of sp³-hybridized carbons (Fsp3) is 0.733. The first kappa shape index (κ1) is 14.5. The van der Waals surface area contributed by atoms with Gasteiger partial charge in [0.05, 0.1) is 0 Å². The van der Waals surface area contributed by atoms with Crippen LogP contribution in [0.3, 0.4) is 0 Å². The number of unbranched alkanes of at least 4 members (excludes halogenated alkanes) is 1. The first-order chi connectivity index (χ1) is 7.38. The van der Waals surface area contributed by atoms with E-state index in [0.717, 1.165) is 5.92 Å². The topological polar surface area (TPSA) is 0 Å². The maximum absolute atomic E-state index is 2.34. The molecular weight excluding hydrogens is 180 g/mol. The van der Waals surface area contributed by atoms with Gasteiger partial charge in [-0.1, -0.05) is 70.8 Å². The molecule has 15 heavy (non-hydrogen) atoms. The summed E-state index contributed by atoms with van der Waals surface area (Å²) >= 11 is 0. The Morgan fingerprint density at radius 2 is 1.93 bits per heavy atom. The molecule has 0 spiro atoms. The first-order valence-electron chi connectivity index (χ1n) is 6.74. The van der Waals surface area contributed by atoms with Gasteiger partial charge in [-0.25, -0.2) is 0 Å². The van der Waals surface area contributed by atoms with Crippen molar-refractivity contribution >= 4 is 0 Å². The van der Waals surface area contributed by atoms with Crippen LogP contribution in [0.4, 0.5) is 0 Å². The monoisotopic (exact) mass is 208 g/mol. The summed E-state index contributed by atoms with van der Waals surface area (Å²) in [6.07, 6.45) is 14.9. The molecule has 0 aliphatic heterocycles. The lowest BCUT2D eigenvalue weighted by molar-refractivity contribution is 0.513. The third-order valence-corrected chi connectivity index (χ3v) is 2.84. The fourth-order valence-electron chi connectivity index (χ4n) is 2.05. The molecule has 0 amide bonds. The van der Waals surface area contributed by atoms with Crippen molar-refractivity contribution in [1.29, 1.82) is 0 Å². The summed E-state index contributed by atoms with van der Waals surface area (Å²) in [6.45, 7) is 8.55. The van der Waals surface area contributed by atoms with Gasteiger partial charge < -0.3 is 0 Å². The molecule has 0 saturated heterocycles. The summed E-state index contributed by atoms with van der Waals surface area (Å²) in [6, 6.07) is 0. The SMILES string of the molecule is CC.CCCCC1CC=CC=C1CCC. The number of rotatable bonds is 5.